The number of aryl methyl sites for hydroxylation is 2. The quantitative estimate of drug-likeness (QED) is 0.803. The summed E-state index contributed by atoms with van der Waals surface area (Å²) >= 11 is 5.89. The van der Waals surface area contributed by atoms with Gasteiger partial charge in [0.15, 0.2) is 14.6 Å². The number of benzene rings is 2. The predicted molar refractivity (Wildman–Crippen MR) is 108 cm³/mol. The zero-order chi connectivity index (χ0) is 19.7. The van der Waals surface area contributed by atoms with Gasteiger partial charge in [-0.15, -0.1) is 0 Å². The number of sulfone groups is 1. The third-order valence-corrected chi connectivity index (χ3v) is 8.17. The Morgan fingerprint density at radius 3 is 2.30 bits per heavy atom. The van der Waals surface area contributed by atoms with Crippen LogP contribution in [0.1, 0.15) is 42.4 Å². The largest absolute Gasteiger partial charge is 0.351 e. The van der Waals surface area contributed by atoms with Crippen molar-refractivity contribution >= 4 is 27.3 Å². The molecule has 1 amide bonds. The molecule has 4 nitrogen and oxygen atoms in total. The Hall–Kier alpha value is -1.85. The van der Waals surface area contributed by atoms with E-state index in [0.29, 0.717) is 24.4 Å². The number of carbonyl (C=O) groups is 1. The average Bonchev–Trinajstić information content (AvgIpc) is 3.13. The Morgan fingerprint density at radius 1 is 1.07 bits per heavy atom. The van der Waals surface area contributed by atoms with Crippen molar-refractivity contribution in [1.29, 1.82) is 0 Å². The Morgan fingerprint density at radius 2 is 1.70 bits per heavy atom. The van der Waals surface area contributed by atoms with Gasteiger partial charge in [-0.2, -0.15) is 0 Å². The van der Waals surface area contributed by atoms with Crippen molar-refractivity contribution in [3.8, 4) is 0 Å². The van der Waals surface area contributed by atoms with E-state index in [1.54, 1.807) is 12.1 Å². The summed E-state index contributed by atoms with van der Waals surface area (Å²) in [4.78, 5) is 13.2. The van der Waals surface area contributed by atoms with E-state index in [9.17, 15) is 13.2 Å². The first-order valence-corrected chi connectivity index (χ1v) is 11.0. The van der Waals surface area contributed by atoms with Gasteiger partial charge < -0.3 is 5.32 Å². The molecule has 3 rings (SSSR count). The van der Waals surface area contributed by atoms with Crippen molar-refractivity contribution in [2.24, 2.45) is 0 Å². The summed E-state index contributed by atoms with van der Waals surface area (Å²) in [6.07, 6.45) is 2.14. The molecule has 0 saturated heterocycles. The van der Waals surface area contributed by atoms with Crippen molar-refractivity contribution in [2.75, 3.05) is 0 Å². The lowest BCUT2D eigenvalue weighted by atomic mass is 10.0. The molecule has 0 aromatic heterocycles. The number of rotatable bonds is 5. The Bertz CT molecular complexity index is 946. The van der Waals surface area contributed by atoms with Crippen LogP contribution in [-0.2, 0) is 21.2 Å². The van der Waals surface area contributed by atoms with Crippen LogP contribution in [0, 0.1) is 13.8 Å². The first-order valence-electron chi connectivity index (χ1n) is 9.11. The van der Waals surface area contributed by atoms with Crippen molar-refractivity contribution in [3.05, 3.63) is 64.2 Å². The number of carbonyl (C=O) groups excluding carboxylic acids is 1. The third-order valence-electron chi connectivity index (χ3n) is 5.40. The van der Waals surface area contributed by atoms with Crippen LogP contribution in [-0.4, -0.2) is 19.1 Å². The average molecular weight is 406 g/mol. The molecule has 27 heavy (non-hydrogen) atoms. The molecule has 1 N–H and O–H groups in total. The molecule has 0 bridgehead atoms. The minimum Gasteiger partial charge on any atom is -0.351 e. The van der Waals surface area contributed by atoms with Gasteiger partial charge in [-0.3, -0.25) is 4.79 Å². The van der Waals surface area contributed by atoms with E-state index in [4.69, 9.17) is 11.6 Å². The van der Waals surface area contributed by atoms with Crippen LogP contribution in [0.25, 0.3) is 0 Å². The van der Waals surface area contributed by atoms with Gasteiger partial charge >= 0.3 is 0 Å². The summed E-state index contributed by atoms with van der Waals surface area (Å²) in [5, 5.41) is 3.35. The number of amides is 1. The molecule has 0 spiro atoms. The van der Waals surface area contributed by atoms with Crippen molar-refractivity contribution in [2.45, 2.75) is 55.7 Å². The third kappa shape index (κ3) is 3.76. The van der Waals surface area contributed by atoms with Crippen molar-refractivity contribution in [3.63, 3.8) is 0 Å². The Labute approximate surface area is 165 Å². The van der Waals surface area contributed by atoms with Gasteiger partial charge in [0.2, 0.25) is 5.91 Å². The van der Waals surface area contributed by atoms with Gasteiger partial charge in [0.1, 0.15) is 0 Å². The van der Waals surface area contributed by atoms with Gasteiger partial charge in [-0.25, -0.2) is 8.42 Å². The molecule has 0 unspecified atom stereocenters. The first kappa shape index (κ1) is 19.9. The van der Waals surface area contributed by atoms with E-state index in [1.807, 2.05) is 26.0 Å². The monoisotopic (exact) mass is 405 g/mol. The molecule has 0 radical (unpaired) electrons. The molecule has 0 atom stereocenters. The molecule has 1 aliphatic carbocycles. The van der Waals surface area contributed by atoms with Crippen LogP contribution in [0.2, 0.25) is 5.02 Å². The van der Waals surface area contributed by atoms with Gasteiger partial charge in [-0.05, 0) is 62.1 Å². The fourth-order valence-corrected chi connectivity index (χ4v) is 6.00. The van der Waals surface area contributed by atoms with Gasteiger partial charge in [-0.1, -0.05) is 48.2 Å². The van der Waals surface area contributed by atoms with E-state index in [2.05, 4.69) is 11.4 Å². The lowest BCUT2D eigenvalue weighted by Crippen LogP contribution is -2.50. The molecular weight excluding hydrogens is 382 g/mol. The second kappa shape index (κ2) is 7.64. The molecule has 1 aliphatic rings. The maximum Gasteiger partial charge on any atom is 0.242 e. The van der Waals surface area contributed by atoms with Crippen molar-refractivity contribution < 1.29 is 13.2 Å². The van der Waals surface area contributed by atoms with E-state index in [0.717, 1.165) is 29.5 Å². The summed E-state index contributed by atoms with van der Waals surface area (Å²) in [7, 11) is -3.81. The van der Waals surface area contributed by atoms with Crippen LogP contribution >= 0.6 is 11.6 Å². The number of hydrogen-bond acceptors (Lipinski definition) is 3. The lowest BCUT2D eigenvalue weighted by Gasteiger charge is -2.28. The maximum atomic E-state index is 13.3. The smallest absolute Gasteiger partial charge is 0.242 e. The van der Waals surface area contributed by atoms with Crippen LogP contribution in [0.15, 0.2) is 47.4 Å². The molecule has 2 aromatic carbocycles. The Kier molecular flexibility index (Phi) is 5.63. The minimum absolute atomic E-state index is 0.149. The normalized spacial score (nSPS) is 16.3. The lowest BCUT2D eigenvalue weighted by molar-refractivity contribution is -0.123. The highest BCUT2D eigenvalue weighted by Gasteiger charge is 2.52. The van der Waals surface area contributed by atoms with Crippen LogP contribution in [0.4, 0.5) is 0 Å². The fraction of sp³-hybridized carbons (Fsp3) is 0.381. The van der Waals surface area contributed by atoms with Crippen LogP contribution in [0.5, 0.6) is 0 Å². The zero-order valence-corrected chi connectivity index (χ0v) is 17.2. The van der Waals surface area contributed by atoms with E-state index in [1.165, 1.54) is 12.1 Å². The summed E-state index contributed by atoms with van der Waals surface area (Å²) in [6, 6.07) is 12.1. The summed E-state index contributed by atoms with van der Waals surface area (Å²) < 4.78 is 25.3. The number of hydrogen-bond donors (Lipinski definition) is 1. The second-order valence-corrected chi connectivity index (χ2v) is 9.97. The zero-order valence-electron chi connectivity index (χ0n) is 15.6. The van der Waals surface area contributed by atoms with Crippen LogP contribution < -0.4 is 5.32 Å². The molecule has 0 aliphatic heterocycles. The standard InChI is InChI=1S/C21H24ClNO3S/c1-15-5-6-17(16(2)13-15)14-23-20(24)21(11-3-4-12-21)27(25,26)19-9-7-18(22)8-10-19/h5-10,13H,3-4,11-12,14H2,1-2H3,(H,23,24). The van der Waals surface area contributed by atoms with Gasteiger partial charge in [0, 0.05) is 11.6 Å². The first-order chi connectivity index (χ1) is 12.8. The molecule has 144 valence electrons. The van der Waals surface area contributed by atoms with E-state index >= 15 is 0 Å². The maximum absolute atomic E-state index is 13.3. The molecule has 2 aromatic rings. The highest BCUT2D eigenvalue weighted by atomic mass is 35.5. The van der Waals surface area contributed by atoms with Gasteiger partial charge in [0.05, 0.1) is 4.90 Å². The minimum atomic E-state index is -3.81. The molecule has 6 heteroatoms. The van der Waals surface area contributed by atoms with Gasteiger partial charge in [0.25, 0.3) is 0 Å². The summed E-state index contributed by atoms with van der Waals surface area (Å²) in [5.41, 5.74) is 3.22. The fourth-order valence-electron chi connectivity index (χ4n) is 3.78. The summed E-state index contributed by atoms with van der Waals surface area (Å²) in [6.45, 7) is 4.33. The molecular formula is C21H24ClNO3S. The SMILES string of the molecule is Cc1ccc(CNC(=O)C2(S(=O)(=O)c3ccc(Cl)cc3)CCCC2)c(C)c1. The molecule has 0 heterocycles. The summed E-state index contributed by atoms with van der Waals surface area (Å²) in [5.74, 6) is -0.407. The Balaban J connectivity index is 1.87. The predicted octanol–water partition coefficient (Wildman–Crippen LogP) is 4.36. The molecule has 1 saturated carbocycles. The number of halogens is 1. The van der Waals surface area contributed by atoms with Crippen molar-refractivity contribution in [1.82, 2.24) is 5.32 Å². The van der Waals surface area contributed by atoms with Crippen LogP contribution in [0.3, 0.4) is 0 Å². The topological polar surface area (TPSA) is 63.2 Å². The van der Waals surface area contributed by atoms with E-state index in [-0.39, 0.29) is 4.90 Å². The highest BCUT2D eigenvalue weighted by molar-refractivity contribution is 7.93. The second-order valence-electron chi connectivity index (χ2n) is 7.27. The molecule has 1 fully saturated rings. The number of nitrogens with one attached hydrogen (secondary N) is 1. The van der Waals surface area contributed by atoms with E-state index < -0.39 is 20.5 Å². The highest BCUT2D eigenvalue weighted by Crippen LogP contribution is 2.41.